The fourth-order valence-corrected chi connectivity index (χ4v) is 2.08. The first-order valence-electron chi connectivity index (χ1n) is 6.73. The molecule has 2 aromatic heterocycles. The van der Waals surface area contributed by atoms with Gasteiger partial charge >= 0.3 is 0 Å². The van der Waals surface area contributed by atoms with Crippen molar-refractivity contribution in [3.63, 3.8) is 0 Å². The highest BCUT2D eigenvalue weighted by Crippen LogP contribution is 2.23. The van der Waals surface area contributed by atoms with Gasteiger partial charge in [-0.25, -0.2) is 0 Å². The van der Waals surface area contributed by atoms with Gasteiger partial charge in [0.25, 0.3) is 5.91 Å². The third kappa shape index (κ3) is 2.76. The Bertz CT molecular complexity index is 610. The van der Waals surface area contributed by atoms with Gasteiger partial charge in [-0.1, -0.05) is 19.0 Å². The molecule has 0 bridgehead atoms. The Labute approximate surface area is 118 Å². The maximum atomic E-state index is 12.4. The molecule has 0 aliphatic rings. The lowest BCUT2D eigenvalue weighted by molar-refractivity contribution is 0.0932. The molecule has 2 heterocycles. The molecule has 1 N–H and O–H groups in total. The number of hydrogen-bond acceptors (Lipinski definition) is 4. The van der Waals surface area contributed by atoms with Gasteiger partial charge in [-0.3, -0.25) is 4.79 Å². The Morgan fingerprint density at radius 1 is 1.25 bits per heavy atom. The summed E-state index contributed by atoms with van der Waals surface area (Å²) in [5.41, 5.74) is 1.13. The fourth-order valence-electron chi connectivity index (χ4n) is 2.08. The first-order valence-corrected chi connectivity index (χ1v) is 6.73. The third-order valence-electron chi connectivity index (χ3n) is 3.18. The molecular weight excluding hydrogens is 256 g/mol. The van der Waals surface area contributed by atoms with Crippen LogP contribution in [0.3, 0.4) is 0 Å². The van der Waals surface area contributed by atoms with Crippen LogP contribution in [0.4, 0.5) is 0 Å². The average Bonchev–Trinajstić information content (AvgIpc) is 2.95. The quantitative estimate of drug-likeness (QED) is 0.928. The van der Waals surface area contributed by atoms with Crippen molar-refractivity contribution in [1.82, 2.24) is 10.5 Å². The molecule has 5 nitrogen and oxygen atoms in total. The van der Waals surface area contributed by atoms with Crippen molar-refractivity contribution in [2.75, 3.05) is 0 Å². The van der Waals surface area contributed by atoms with Gasteiger partial charge in [0.05, 0.1) is 11.7 Å². The van der Waals surface area contributed by atoms with E-state index in [9.17, 15) is 4.79 Å². The average molecular weight is 276 g/mol. The fraction of sp³-hybridized carbons (Fsp3) is 0.467. The molecule has 0 spiro atoms. The van der Waals surface area contributed by atoms with Gasteiger partial charge in [0.1, 0.15) is 17.1 Å². The number of furan rings is 1. The summed E-state index contributed by atoms with van der Waals surface area (Å²) in [4.78, 5) is 12.4. The lowest BCUT2D eigenvalue weighted by atomic mass is 10.0. The summed E-state index contributed by atoms with van der Waals surface area (Å²) in [6.07, 6.45) is 0. The SMILES string of the molecule is Cc1ccc(C(C)NC(=O)c2c(C)noc2C(C)C)o1. The van der Waals surface area contributed by atoms with Crippen molar-refractivity contribution in [2.24, 2.45) is 0 Å². The van der Waals surface area contributed by atoms with E-state index in [0.29, 0.717) is 17.0 Å². The van der Waals surface area contributed by atoms with Crippen LogP contribution in [0.25, 0.3) is 0 Å². The standard InChI is InChI=1S/C15H20N2O3/c1-8(2)14-13(11(5)17-20-14)15(18)16-10(4)12-7-6-9(3)19-12/h6-8,10H,1-5H3,(H,16,18). The van der Waals surface area contributed by atoms with Gasteiger partial charge in [0.15, 0.2) is 5.76 Å². The van der Waals surface area contributed by atoms with Gasteiger partial charge in [0.2, 0.25) is 0 Å². The zero-order valence-electron chi connectivity index (χ0n) is 12.5. The predicted molar refractivity (Wildman–Crippen MR) is 74.7 cm³/mol. The summed E-state index contributed by atoms with van der Waals surface area (Å²) in [5.74, 6) is 2.09. The first kappa shape index (κ1) is 14.4. The Hall–Kier alpha value is -2.04. The minimum atomic E-state index is -0.203. The van der Waals surface area contributed by atoms with Gasteiger partial charge in [-0.15, -0.1) is 0 Å². The molecule has 0 radical (unpaired) electrons. The highest BCUT2D eigenvalue weighted by atomic mass is 16.5. The van der Waals surface area contributed by atoms with Crippen LogP contribution >= 0.6 is 0 Å². The molecule has 20 heavy (non-hydrogen) atoms. The zero-order valence-corrected chi connectivity index (χ0v) is 12.5. The molecule has 0 aromatic carbocycles. The number of hydrogen-bond donors (Lipinski definition) is 1. The summed E-state index contributed by atoms with van der Waals surface area (Å²) in [6, 6.07) is 3.54. The van der Waals surface area contributed by atoms with Gasteiger partial charge in [-0.05, 0) is 32.9 Å². The van der Waals surface area contributed by atoms with Gasteiger partial charge in [0, 0.05) is 5.92 Å². The molecule has 108 valence electrons. The molecule has 2 aromatic rings. The van der Waals surface area contributed by atoms with Crippen LogP contribution in [0.2, 0.25) is 0 Å². The van der Waals surface area contributed by atoms with Crippen molar-refractivity contribution >= 4 is 5.91 Å². The Kier molecular flexibility index (Phi) is 3.97. The molecule has 0 aliphatic heterocycles. The van der Waals surface area contributed by atoms with E-state index in [1.165, 1.54) is 0 Å². The van der Waals surface area contributed by atoms with E-state index in [1.807, 2.05) is 39.8 Å². The van der Waals surface area contributed by atoms with Gasteiger partial charge in [-0.2, -0.15) is 0 Å². The molecule has 2 rings (SSSR count). The number of amides is 1. The largest absolute Gasteiger partial charge is 0.464 e. The Morgan fingerprint density at radius 3 is 2.50 bits per heavy atom. The van der Waals surface area contributed by atoms with E-state index < -0.39 is 0 Å². The van der Waals surface area contributed by atoms with Crippen molar-refractivity contribution in [1.29, 1.82) is 0 Å². The number of carbonyl (C=O) groups excluding carboxylic acids is 1. The highest BCUT2D eigenvalue weighted by Gasteiger charge is 2.24. The topological polar surface area (TPSA) is 68.3 Å². The van der Waals surface area contributed by atoms with Crippen LogP contribution in [0.15, 0.2) is 21.1 Å². The van der Waals surface area contributed by atoms with E-state index in [4.69, 9.17) is 8.94 Å². The minimum absolute atomic E-state index is 0.109. The molecule has 0 aliphatic carbocycles. The van der Waals surface area contributed by atoms with E-state index >= 15 is 0 Å². The molecule has 1 amide bonds. The van der Waals surface area contributed by atoms with Crippen LogP contribution in [0.5, 0.6) is 0 Å². The summed E-state index contributed by atoms with van der Waals surface area (Å²) >= 11 is 0. The summed E-state index contributed by atoms with van der Waals surface area (Å²) in [6.45, 7) is 9.46. The summed E-state index contributed by atoms with van der Waals surface area (Å²) in [7, 11) is 0. The number of carbonyl (C=O) groups is 1. The number of rotatable bonds is 4. The number of nitrogens with one attached hydrogen (secondary N) is 1. The number of aromatic nitrogens is 1. The normalized spacial score (nSPS) is 12.7. The first-order chi connectivity index (χ1) is 9.40. The predicted octanol–water partition coefficient (Wildman–Crippen LogP) is 3.50. The molecule has 0 fully saturated rings. The smallest absolute Gasteiger partial charge is 0.257 e. The van der Waals surface area contributed by atoms with Crippen LogP contribution in [0, 0.1) is 13.8 Å². The zero-order chi connectivity index (χ0) is 14.9. The second-order valence-electron chi connectivity index (χ2n) is 5.31. The lowest BCUT2D eigenvalue weighted by Crippen LogP contribution is -2.27. The van der Waals surface area contributed by atoms with E-state index in [2.05, 4.69) is 10.5 Å². The van der Waals surface area contributed by atoms with Crippen LogP contribution < -0.4 is 5.32 Å². The van der Waals surface area contributed by atoms with Crippen LogP contribution in [0.1, 0.15) is 66.1 Å². The maximum Gasteiger partial charge on any atom is 0.257 e. The lowest BCUT2D eigenvalue weighted by Gasteiger charge is -2.12. The molecule has 0 saturated heterocycles. The Morgan fingerprint density at radius 2 is 1.95 bits per heavy atom. The van der Waals surface area contributed by atoms with Crippen LogP contribution in [-0.4, -0.2) is 11.1 Å². The van der Waals surface area contributed by atoms with Crippen molar-refractivity contribution in [3.05, 3.63) is 40.7 Å². The van der Waals surface area contributed by atoms with E-state index in [0.717, 1.165) is 11.5 Å². The third-order valence-corrected chi connectivity index (χ3v) is 3.18. The highest BCUT2D eigenvalue weighted by molar-refractivity contribution is 5.96. The minimum Gasteiger partial charge on any atom is -0.464 e. The number of nitrogens with zero attached hydrogens (tertiary/aromatic N) is 1. The molecular formula is C15H20N2O3. The van der Waals surface area contributed by atoms with Crippen molar-refractivity contribution in [2.45, 2.75) is 46.6 Å². The Balaban J connectivity index is 2.18. The van der Waals surface area contributed by atoms with Gasteiger partial charge < -0.3 is 14.3 Å². The van der Waals surface area contributed by atoms with Crippen molar-refractivity contribution in [3.8, 4) is 0 Å². The maximum absolute atomic E-state index is 12.4. The van der Waals surface area contributed by atoms with Crippen molar-refractivity contribution < 1.29 is 13.7 Å². The monoisotopic (exact) mass is 276 g/mol. The summed E-state index contributed by atoms with van der Waals surface area (Å²) < 4.78 is 10.8. The molecule has 1 unspecified atom stereocenters. The molecule has 5 heteroatoms. The number of aryl methyl sites for hydroxylation is 2. The molecule has 0 saturated carbocycles. The van der Waals surface area contributed by atoms with E-state index in [1.54, 1.807) is 6.92 Å². The van der Waals surface area contributed by atoms with E-state index in [-0.39, 0.29) is 17.9 Å². The molecule has 1 atom stereocenters. The second kappa shape index (κ2) is 5.53. The second-order valence-corrected chi connectivity index (χ2v) is 5.31. The summed E-state index contributed by atoms with van der Waals surface area (Å²) in [5, 5.41) is 6.80. The van der Waals surface area contributed by atoms with Crippen LogP contribution in [-0.2, 0) is 0 Å².